The summed E-state index contributed by atoms with van der Waals surface area (Å²) in [6, 6.07) is 9.44. The van der Waals surface area contributed by atoms with Crippen LogP contribution in [0.4, 0.5) is 13.2 Å². The summed E-state index contributed by atoms with van der Waals surface area (Å²) < 4.78 is 39.5. The minimum atomic E-state index is -4.28. The number of fused-ring (bicyclic) bond motifs is 1. The fourth-order valence-corrected chi connectivity index (χ4v) is 3.43. The van der Waals surface area contributed by atoms with E-state index in [1.807, 2.05) is 30.3 Å². The normalized spacial score (nSPS) is 34.1. The van der Waals surface area contributed by atoms with Crippen molar-refractivity contribution in [3.05, 3.63) is 35.9 Å². The van der Waals surface area contributed by atoms with Crippen LogP contribution in [-0.2, 0) is 11.3 Å². The molecule has 102 valence electrons. The Morgan fingerprint density at radius 1 is 1.32 bits per heavy atom. The van der Waals surface area contributed by atoms with E-state index in [1.165, 1.54) is 0 Å². The largest absolute Gasteiger partial charge is 0.396 e. The molecule has 3 unspecified atom stereocenters. The molecule has 2 aliphatic rings. The molecule has 0 aromatic heterocycles. The van der Waals surface area contributed by atoms with Crippen molar-refractivity contribution in [2.75, 3.05) is 13.1 Å². The fraction of sp³-hybridized carbons (Fsp3) is 0.500. The summed E-state index contributed by atoms with van der Waals surface area (Å²) in [5.74, 6) is -1.38. The third-order valence-electron chi connectivity index (χ3n) is 4.44. The summed E-state index contributed by atoms with van der Waals surface area (Å²) in [4.78, 5) is 12.6. The molecule has 1 heterocycles. The van der Waals surface area contributed by atoms with Crippen LogP contribution in [0.1, 0.15) is 5.56 Å². The van der Waals surface area contributed by atoms with Crippen molar-refractivity contribution in [1.29, 1.82) is 0 Å². The van der Waals surface area contributed by atoms with Gasteiger partial charge in [-0.15, -0.1) is 0 Å². The Hall–Kier alpha value is -1.36. The van der Waals surface area contributed by atoms with Gasteiger partial charge in [-0.3, -0.25) is 4.90 Å². The third-order valence-corrected chi connectivity index (χ3v) is 4.44. The number of benzene rings is 1. The van der Waals surface area contributed by atoms with Crippen LogP contribution >= 0.6 is 0 Å². The minimum absolute atomic E-state index is 0.0561. The highest BCUT2D eigenvalue weighted by Crippen LogP contribution is 2.69. The molecule has 2 nitrogen and oxygen atoms in total. The van der Waals surface area contributed by atoms with Crippen molar-refractivity contribution in [2.45, 2.75) is 12.7 Å². The monoisotopic (exact) mass is 269 g/mol. The lowest BCUT2D eigenvalue weighted by Crippen LogP contribution is -2.35. The predicted octanol–water partition coefficient (Wildman–Crippen LogP) is 2.50. The first-order valence-electron chi connectivity index (χ1n) is 6.27. The standard InChI is InChI=1S/C14H14F3NO/c15-14(16,17)13-9-18(7-11(13)12(13)8-19)6-10-4-2-1-3-5-10/h1-5,8,11-12H,6-7,9H2. The zero-order chi connectivity index (χ0) is 13.7. The zero-order valence-electron chi connectivity index (χ0n) is 10.2. The average molecular weight is 269 g/mol. The van der Waals surface area contributed by atoms with E-state index in [0.717, 1.165) is 5.56 Å². The molecular weight excluding hydrogens is 255 g/mol. The van der Waals surface area contributed by atoms with E-state index in [0.29, 0.717) is 19.4 Å². The second kappa shape index (κ2) is 4.07. The molecule has 1 aliphatic heterocycles. The van der Waals surface area contributed by atoms with E-state index < -0.39 is 23.4 Å². The Morgan fingerprint density at radius 2 is 2.00 bits per heavy atom. The molecular formula is C14H14F3NO. The van der Waals surface area contributed by atoms with Gasteiger partial charge in [-0.1, -0.05) is 30.3 Å². The van der Waals surface area contributed by atoms with Gasteiger partial charge >= 0.3 is 6.18 Å². The van der Waals surface area contributed by atoms with Gasteiger partial charge in [0.05, 0.1) is 5.41 Å². The van der Waals surface area contributed by atoms with Crippen molar-refractivity contribution in [3.8, 4) is 0 Å². The first-order chi connectivity index (χ1) is 8.99. The quantitative estimate of drug-likeness (QED) is 0.786. The van der Waals surface area contributed by atoms with E-state index in [2.05, 4.69) is 0 Å². The molecule has 1 aromatic carbocycles. The average Bonchev–Trinajstić information content (AvgIpc) is 2.81. The number of halogens is 3. The van der Waals surface area contributed by atoms with Crippen LogP contribution in [0.5, 0.6) is 0 Å². The first-order valence-corrected chi connectivity index (χ1v) is 6.27. The molecule has 0 radical (unpaired) electrons. The van der Waals surface area contributed by atoms with Crippen LogP contribution in [0.3, 0.4) is 0 Å². The number of carbonyl (C=O) groups excluding carboxylic acids is 1. The number of aldehydes is 1. The van der Waals surface area contributed by atoms with E-state index in [-0.39, 0.29) is 6.54 Å². The molecule has 1 saturated heterocycles. The van der Waals surface area contributed by atoms with Gasteiger partial charge in [0.2, 0.25) is 0 Å². The van der Waals surface area contributed by atoms with Gasteiger partial charge in [-0.05, 0) is 11.5 Å². The molecule has 0 amide bonds. The number of likely N-dealkylation sites (tertiary alicyclic amines) is 1. The smallest absolute Gasteiger partial charge is 0.303 e. The van der Waals surface area contributed by atoms with Gasteiger partial charge in [0.25, 0.3) is 0 Å². The maximum Gasteiger partial charge on any atom is 0.396 e. The first kappa shape index (κ1) is 12.7. The fourth-order valence-electron chi connectivity index (χ4n) is 3.43. The maximum atomic E-state index is 13.2. The molecule has 2 fully saturated rings. The summed E-state index contributed by atoms with van der Waals surface area (Å²) in [6.07, 6.45) is -3.80. The van der Waals surface area contributed by atoms with Crippen LogP contribution in [0.25, 0.3) is 0 Å². The van der Waals surface area contributed by atoms with Crippen LogP contribution in [0.2, 0.25) is 0 Å². The van der Waals surface area contributed by atoms with Crippen molar-refractivity contribution < 1.29 is 18.0 Å². The molecule has 1 aromatic rings. The van der Waals surface area contributed by atoms with Crippen molar-refractivity contribution >= 4 is 6.29 Å². The van der Waals surface area contributed by atoms with Crippen LogP contribution < -0.4 is 0 Å². The number of piperidine rings is 1. The van der Waals surface area contributed by atoms with Gasteiger partial charge in [-0.25, -0.2) is 0 Å². The van der Waals surface area contributed by atoms with E-state index in [4.69, 9.17) is 0 Å². The molecule has 0 bridgehead atoms. The summed E-state index contributed by atoms with van der Waals surface area (Å²) in [6.45, 7) is 0.817. The van der Waals surface area contributed by atoms with Crippen molar-refractivity contribution in [2.24, 2.45) is 17.3 Å². The van der Waals surface area contributed by atoms with Crippen molar-refractivity contribution in [1.82, 2.24) is 4.90 Å². The summed E-state index contributed by atoms with van der Waals surface area (Å²) in [7, 11) is 0. The Labute approximate surface area is 109 Å². The topological polar surface area (TPSA) is 20.3 Å². The second-order valence-corrected chi connectivity index (χ2v) is 5.46. The van der Waals surface area contributed by atoms with Gasteiger partial charge < -0.3 is 4.79 Å². The lowest BCUT2D eigenvalue weighted by Gasteiger charge is -2.24. The van der Waals surface area contributed by atoms with Gasteiger partial charge in [0.1, 0.15) is 6.29 Å². The maximum absolute atomic E-state index is 13.2. The second-order valence-electron chi connectivity index (χ2n) is 5.46. The Kier molecular flexibility index (Phi) is 2.71. The molecule has 0 spiro atoms. The summed E-state index contributed by atoms with van der Waals surface area (Å²) in [5.41, 5.74) is -0.771. The van der Waals surface area contributed by atoms with Crippen LogP contribution in [-0.4, -0.2) is 30.5 Å². The van der Waals surface area contributed by atoms with E-state index in [9.17, 15) is 18.0 Å². The molecule has 3 atom stereocenters. The summed E-state index contributed by atoms with van der Waals surface area (Å²) >= 11 is 0. The van der Waals surface area contributed by atoms with Crippen molar-refractivity contribution in [3.63, 3.8) is 0 Å². The molecule has 0 N–H and O–H groups in total. The lowest BCUT2D eigenvalue weighted by molar-refractivity contribution is -0.193. The number of rotatable bonds is 3. The molecule has 1 aliphatic carbocycles. The van der Waals surface area contributed by atoms with Crippen LogP contribution in [0, 0.1) is 17.3 Å². The number of hydrogen-bond acceptors (Lipinski definition) is 2. The molecule has 3 rings (SSSR count). The minimum Gasteiger partial charge on any atom is -0.303 e. The predicted molar refractivity (Wildman–Crippen MR) is 63.3 cm³/mol. The van der Waals surface area contributed by atoms with Gasteiger partial charge in [-0.2, -0.15) is 13.2 Å². The lowest BCUT2D eigenvalue weighted by atomic mass is 10.0. The highest BCUT2D eigenvalue weighted by atomic mass is 19.4. The van der Waals surface area contributed by atoms with E-state index in [1.54, 1.807) is 4.90 Å². The molecule has 19 heavy (non-hydrogen) atoms. The third kappa shape index (κ3) is 1.79. The SMILES string of the molecule is O=CC1C2CN(Cc3ccccc3)CC12C(F)(F)F. The highest BCUT2D eigenvalue weighted by molar-refractivity contribution is 5.63. The summed E-state index contributed by atoms with van der Waals surface area (Å²) in [5, 5.41) is 0. The Balaban J connectivity index is 1.73. The Morgan fingerprint density at radius 3 is 2.53 bits per heavy atom. The Bertz CT molecular complexity index is 487. The number of hydrogen-bond donors (Lipinski definition) is 0. The number of carbonyl (C=O) groups is 1. The van der Waals surface area contributed by atoms with Gasteiger partial charge in [0.15, 0.2) is 0 Å². The number of alkyl halides is 3. The van der Waals surface area contributed by atoms with E-state index >= 15 is 0 Å². The van der Waals surface area contributed by atoms with Gasteiger partial charge in [0, 0.05) is 25.6 Å². The zero-order valence-corrected chi connectivity index (χ0v) is 10.2. The molecule has 1 saturated carbocycles. The molecule has 5 heteroatoms. The van der Waals surface area contributed by atoms with Crippen LogP contribution in [0.15, 0.2) is 30.3 Å². The highest BCUT2D eigenvalue weighted by Gasteiger charge is 2.80. The number of nitrogens with zero attached hydrogens (tertiary/aromatic N) is 1.